The normalized spacial score (nSPS) is 38.4. The van der Waals surface area contributed by atoms with Gasteiger partial charge in [0.25, 0.3) is 0 Å². The Labute approximate surface area is 130 Å². The second-order valence-electron chi connectivity index (χ2n) is 7.28. The lowest BCUT2D eigenvalue weighted by Gasteiger charge is -2.38. The van der Waals surface area contributed by atoms with Gasteiger partial charge in [0.2, 0.25) is 0 Å². The van der Waals surface area contributed by atoms with E-state index in [-0.39, 0.29) is 30.1 Å². The van der Waals surface area contributed by atoms with Crippen LogP contribution in [-0.2, 0) is 28.5 Å². The third-order valence-electron chi connectivity index (χ3n) is 5.58. The van der Waals surface area contributed by atoms with E-state index in [9.17, 15) is 9.59 Å². The maximum absolute atomic E-state index is 12.5. The molecule has 0 bridgehead atoms. The van der Waals surface area contributed by atoms with Gasteiger partial charge < -0.3 is 18.9 Å². The maximum Gasteiger partial charge on any atom is 0.312 e. The first-order valence-electron chi connectivity index (χ1n) is 7.91. The molecule has 1 saturated carbocycles. The van der Waals surface area contributed by atoms with Crippen LogP contribution < -0.4 is 0 Å². The highest BCUT2D eigenvalue weighted by Crippen LogP contribution is 2.56. The zero-order chi connectivity index (χ0) is 16.0. The number of hydrogen-bond acceptors (Lipinski definition) is 6. The lowest BCUT2D eigenvalue weighted by Crippen LogP contribution is -2.44. The molecule has 6 heteroatoms. The van der Waals surface area contributed by atoms with Crippen LogP contribution in [0, 0.1) is 16.7 Å². The van der Waals surface area contributed by atoms with Crippen molar-refractivity contribution < 1.29 is 28.5 Å². The van der Waals surface area contributed by atoms with Gasteiger partial charge in [0.05, 0.1) is 24.5 Å². The summed E-state index contributed by atoms with van der Waals surface area (Å²) in [6, 6.07) is 0. The first-order chi connectivity index (χ1) is 10.3. The minimum absolute atomic E-state index is 0.0522. The van der Waals surface area contributed by atoms with Gasteiger partial charge in [0.15, 0.2) is 0 Å². The van der Waals surface area contributed by atoms with Crippen molar-refractivity contribution in [3.8, 4) is 0 Å². The fourth-order valence-corrected chi connectivity index (χ4v) is 3.21. The fourth-order valence-electron chi connectivity index (χ4n) is 3.21. The Bertz CT molecular complexity index is 465. The second-order valence-corrected chi connectivity index (χ2v) is 7.28. The molecule has 0 radical (unpaired) electrons. The van der Waals surface area contributed by atoms with E-state index in [0.29, 0.717) is 39.3 Å². The minimum Gasteiger partial charge on any atom is -0.463 e. The lowest BCUT2D eigenvalue weighted by molar-refractivity contribution is -0.165. The SMILES string of the molecule is CC1(C)[C@@H](C(=O)OCC2CO2)CC[C@@]1(C)C(=O)OCC1CO1. The Kier molecular flexibility index (Phi) is 3.93. The molecule has 0 spiro atoms. The second kappa shape index (κ2) is 5.49. The average molecular weight is 312 g/mol. The number of epoxide rings is 2. The van der Waals surface area contributed by atoms with Crippen LogP contribution in [0.25, 0.3) is 0 Å². The van der Waals surface area contributed by atoms with Crippen LogP contribution in [0.3, 0.4) is 0 Å². The summed E-state index contributed by atoms with van der Waals surface area (Å²) in [5.41, 5.74) is -1.18. The molecule has 4 atom stereocenters. The van der Waals surface area contributed by atoms with Crippen LogP contribution in [0.15, 0.2) is 0 Å². The third-order valence-corrected chi connectivity index (χ3v) is 5.58. The Morgan fingerprint density at radius 1 is 1.05 bits per heavy atom. The summed E-state index contributed by atoms with van der Waals surface area (Å²) in [5.74, 6) is -0.766. The van der Waals surface area contributed by atoms with Crippen molar-refractivity contribution in [3.05, 3.63) is 0 Å². The molecule has 0 N–H and O–H groups in total. The summed E-state index contributed by atoms with van der Waals surface area (Å²) in [5, 5.41) is 0. The van der Waals surface area contributed by atoms with Crippen LogP contribution >= 0.6 is 0 Å². The van der Waals surface area contributed by atoms with Gasteiger partial charge in [0, 0.05) is 0 Å². The van der Waals surface area contributed by atoms with Gasteiger partial charge in [-0.25, -0.2) is 0 Å². The molecule has 6 nitrogen and oxygen atoms in total. The topological polar surface area (TPSA) is 77.7 Å². The molecule has 22 heavy (non-hydrogen) atoms. The largest absolute Gasteiger partial charge is 0.463 e. The van der Waals surface area contributed by atoms with Gasteiger partial charge in [-0.05, 0) is 25.2 Å². The van der Waals surface area contributed by atoms with Crippen molar-refractivity contribution in [3.63, 3.8) is 0 Å². The number of rotatable bonds is 6. The van der Waals surface area contributed by atoms with Gasteiger partial charge >= 0.3 is 11.9 Å². The summed E-state index contributed by atoms with van der Waals surface area (Å²) in [6.45, 7) is 7.73. The van der Waals surface area contributed by atoms with Crippen LogP contribution in [0.4, 0.5) is 0 Å². The number of esters is 2. The molecule has 2 heterocycles. The first kappa shape index (κ1) is 15.7. The van der Waals surface area contributed by atoms with Crippen molar-refractivity contribution in [1.29, 1.82) is 0 Å². The molecule has 0 aromatic carbocycles. The van der Waals surface area contributed by atoms with Gasteiger partial charge in [-0.2, -0.15) is 0 Å². The van der Waals surface area contributed by atoms with E-state index in [2.05, 4.69) is 0 Å². The lowest BCUT2D eigenvalue weighted by atomic mass is 9.65. The smallest absolute Gasteiger partial charge is 0.312 e. The molecule has 0 aromatic rings. The highest BCUT2D eigenvalue weighted by atomic mass is 16.6. The number of hydrogen-bond donors (Lipinski definition) is 0. The van der Waals surface area contributed by atoms with E-state index in [1.807, 2.05) is 20.8 Å². The van der Waals surface area contributed by atoms with Crippen molar-refractivity contribution >= 4 is 11.9 Å². The van der Waals surface area contributed by atoms with E-state index in [4.69, 9.17) is 18.9 Å². The molecule has 3 fully saturated rings. The zero-order valence-electron chi connectivity index (χ0n) is 13.4. The number of carbonyl (C=O) groups excluding carboxylic acids is 2. The molecular weight excluding hydrogens is 288 g/mol. The molecule has 0 amide bonds. The molecule has 2 saturated heterocycles. The molecule has 2 unspecified atom stereocenters. The standard InChI is InChI=1S/C16H24O6/c1-15(2)12(13(17)21-8-10-6-19-10)4-5-16(15,3)14(18)22-9-11-7-20-11/h10-12H,4-9H2,1-3H3/t10?,11?,12-,16+/m1/s1. The molecule has 124 valence electrons. The van der Waals surface area contributed by atoms with Crippen LogP contribution in [0.2, 0.25) is 0 Å². The molecule has 2 aliphatic heterocycles. The minimum atomic E-state index is -0.679. The van der Waals surface area contributed by atoms with Crippen molar-refractivity contribution in [2.75, 3.05) is 26.4 Å². The number of carbonyl (C=O) groups is 2. The molecule has 0 aromatic heterocycles. The van der Waals surface area contributed by atoms with Gasteiger partial charge in [-0.15, -0.1) is 0 Å². The van der Waals surface area contributed by atoms with Gasteiger partial charge in [-0.1, -0.05) is 13.8 Å². The summed E-state index contributed by atoms with van der Waals surface area (Å²) >= 11 is 0. The monoisotopic (exact) mass is 312 g/mol. The molecule has 3 rings (SSSR count). The van der Waals surface area contributed by atoms with Gasteiger partial charge in [0.1, 0.15) is 25.4 Å². The van der Waals surface area contributed by atoms with E-state index < -0.39 is 10.8 Å². The summed E-state index contributed by atoms with van der Waals surface area (Å²) in [7, 11) is 0. The van der Waals surface area contributed by atoms with Crippen LogP contribution in [-0.4, -0.2) is 50.6 Å². The van der Waals surface area contributed by atoms with E-state index in [1.54, 1.807) is 0 Å². The highest BCUT2D eigenvalue weighted by molar-refractivity contribution is 5.82. The van der Waals surface area contributed by atoms with Crippen molar-refractivity contribution in [2.45, 2.75) is 45.8 Å². The fraction of sp³-hybridized carbons (Fsp3) is 0.875. The molecule has 1 aliphatic carbocycles. The molecule has 3 aliphatic rings. The van der Waals surface area contributed by atoms with Crippen LogP contribution in [0.5, 0.6) is 0 Å². The van der Waals surface area contributed by atoms with Crippen molar-refractivity contribution in [2.24, 2.45) is 16.7 Å². The zero-order valence-corrected chi connectivity index (χ0v) is 13.4. The van der Waals surface area contributed by atoms with Crippen molar-refractivity contribution in [1.82, 2.24) is 0 Å². The maximum atomic E-state index is 12.5. The first-order valence-corrected chi connectivity index (χ1v) is 7.91. The Morgan fingerprint density at radius 2 is 1.59 bits per heavy atom. The Balaban J connectivity index is 1.62. The summed E-state index contributed by atoms with van der Waals surface area (Å²) in [4.78, 5) is 24.8. The predicted molar refractivity (Wildman–Crippen MR) is 76.0 cm³/mol. The van der Waals surface area contributed by atoms with E-state index in [1.165, 1.54) is 0 Å². The number of ether oxygens (including phenoxy) is 4. The predicted octanol–water partition coefficient (Wildman–Crippen LogP) is 1.31. The summed E-state index contributed by atoms with van der Waals surface area (Å²) < 4.78 is 20.8. The quantitative estimate of drug-likeness (QED) is 0.543. The van der Waals surface area contributed by atoms with E-state index in [0.717, 1.165) is 0 Å². The Hall–Kier alpha value is -1.14. The summed E-state index contributed by atoms with van der Waals surface area (Å²) in [6.07, 6.45) is 1.38. The highest BCUT2D eigenvalue weighted by Gasteiger charge is 2.59. The van der Waals surface area contributed by atoms with Crippen LogP contribution in [0.1, 0.15) is 33.6 Å². The third kappa shape index (κ3) is 2.86. The average Bonchev–Trinajstić information content (AvgIpc) is 3.36. The molecular formula is C16H24O6. The van der Waals surface area contributed by atoms with E-state index >= 15 is 0 Å². The Morgan fingerprint density at radius 3 is 2.14 bits per heavy atom. The van der Waals surface area contributed by atoms with Gasteiger partial charge in [-0.3, -0.25) is 9.59 Å².